The fraction of sp³-hybridized carbons (Fsp3) is 0. The average Bonchev–Trinajstić information content (AvgIpc) is 2.33. The number of imidazole rings is 1. The molecule has 5 heteroatoms. The minimum Gasteiger partial charge on any atom is -0.342 e. The summed E-state index contributed by atoms with van der Waals surface area (Å²) >= 11 is 0. The second-order valence-electron chi connectivity index (χ2n) is 1.66. The average molecular weight is 134 g/mol. The molecular formula is C5H7BN4. The van der Waals surface area contributed by atoms with Gasteiger partial charge < -0.3 is 4.98 Å². The molecule has 0 aliphatic rings. The first kappa shape index (κ1) is 6.73. The van der Waals surface area contributed by atoms with Gasteiger partial charge in [-0.3, -0.25) is 0 Å². The quantitative estimate of drug-likeness (QED) is 0.478. The second-order valence-corrected chi connectivity index (χ2v) is 1.66. The molecule has 0 fully saturated rings. The number of fused-ring (bicyclic) bond motifs is 1. The molecule has 0 spiro atoms. The van der Waals surface area contributed by atoms with Gasteiger partial charge in [0.2, 0.25) is 0 Å². The Labute approximate surface area is 59.3 Å². The van der Waals surface area contributed by atoms with E-state index in [0.717, 1.165) is 5.52 Å². The first-order chi connectivity index (χ1) is 4.47. The van der Waals surface area contributed by atoms with E-state index in [1.165, 1.54) is 6.33 Å². The lowest BCUT2D eigenvalue weighted by molar-refractivity contribution is 1.20. The lowest BCUT2D eigenvalue weighted by Crippen LogP contribution is -1.76. The standard InChI is InChI=1S/C5H4N4.BH3/c1-4-5(8-2-6-1)9-3-7-4;/h1-3H,(H,6,7,8,9);1H3. The summed E-state index contributed by atoms with van der Waals surface area (Å²) in [6, 6.07) is 0. The second kappa shape index (κ2) is 2.47. The van der Waals surface area contributed by atoms with Crippen LogP contribution >= 0.6 is 0 Å². The fourth-order valence-corrected chi connectivity index (χ4v) is 0.691. The summed E-state index contributed by atoms with van der Waals surface area (Å²) in [5.74, 6) is 0. The summed E-state index contributed by atoms with van der Waals surface area (Å²) in [5.41, 5.74) is 1.59. The summed E-state index contributed by atoms with van der Waals surface area (Å²) in [4.78, 5) is 14.5. The predicted molar refractivity (Wildman–Crippen MR) is 41.6 cm³/mol. The number of hydrogen-bond donors (Lipinski definition) is 1. The number of aromatic amines is 1. The van der Waals surface area contributed by atoms with Crippen molar-refractivity contribution in [2.45, 2.75) is 0 Å². The summed E-state index contributed by atoms with van der Waals surface area (Å²) in [6.45, 7) is 0. The maximum absolute atomic E-state index is 3.91. The van der Waals surface area contributed by atoms with E-state index in [-0.39, 0.29) is 8.41 Å². The van der Waals surface area contributed by atoms with Crippen molar-refractivity contribution in [1.29, 1.82) is 0 Å². The highest BCUT2D eigenvalue weighted by Gasteiger charge is 1.91. The van der Waals surface area contributed by atoms with E-state index in [1.54, 1.807) is 12.5 Å². The SMILES string of the molecule is B.c1ncc2[nH]cnc2n1. The van der Waals surface area contributed by atoms with Crippen LogP contribution in [-0.2, 0) is 0 Å². The molecule has 0 radical (unpaired) electrons. The molecule has 10 heavy (non-hydrogen) atoms. The van der Waals surface area contributed by atoms with E-state index < -0.39 is 0 Å². The normalized spacial score (nSPS) is 9.20. The van der Waals surface area contributed by atoms with E-state index in [4.69, 9.17) is 0 Å². The highest BCUT2D eigenvalue weighted by molar-refractivity contribution is 5.75. The largest absolute Gasteiger partial charge is 0.342 e. The van der Waals surface area contributed by atoms with E-state index in [2.05, 4.69) is 19.9 Å². The summed E-state index contributed by atoms with van der Waals surface area (Å²) < 4.78 is 0. The number of H-pyrrole nitrogens is 1. The van der Waals surface area contributed by atoms with Crippen molar-refractivity contribution in [3.8, 4) is 0 Å². The third-order valence-electron chi connectivity index (χ3n) is 1.10. The Bertz CT molecular complexity index is 288. The molecule has 1 N–H and O–H groups in total. The smallest absolute Gasteiger partial charge is 0.180 e. The zero-order chi connectivity index (χ0) is 6.10. The Hall–Kier alpha value is -1.39. The van der Waals surface area contributed by atoms with Crippen LogP contribution in [0, 0.1) is 0 Å². The Morgan fingerprint density at radius 1 is 1.30 bits per heavy atom. The third-order valence-corrected chi connectivity index (χ3v) is 1.10. The van der Waals surface area contributed by atoms with Crippen LogP contribution in [-0.4, -0.2) is 28.3 Å². The van der Waals surface area contributed by atoms with Gasteiger partial charge in [-0.1, -0.05) is 0 Å². The minimum atomic E-state index is 0. The van der Waals surface area contributed by atoms with Crippen LogP contribution in [0.25, 0.3) is 11.2 Å². The molecule has 50 valence electrons. The highest BCUT2D eigenvalue weighted by Crippen LogP contribution is 1.99. The van der Waals surface area contributed by atoms with E-state index in [9.17, 15) is 0 Å². The molecule has 0 unspecified atom stereocenters. The fourth-order valence-electron chi connectivity index (χ4n) is 0.691. The number of nitrogens with zero attached hydrogens (tertiary/aromatic N) is 3. The summed E-state index contributed by atoms with van der Waals surface area (Å²) in [5, 5.41) is 0. The maximum Gasteiger partial charge on any atom is 0.180 e. The molecular weight excluding hydrogens is 127 g/mol. The van der Waals surface area contributed by atoms with Crippen LogP contribution < -0.4 is 0 Å². The van der Waals surface area contributed by atoms with Crippen LogP contribution in [0.15, 0.2) is 18.9 Å². The van der Waals surface area contributed by atoms with Crippen molar-refractivity contribution >= 4 is 19.6 Å². The number of rotatable bonds is 0. The molecule has 0 aromatic carbocycles. The minimum absolute atomic E-state index is 0. The van der Waals surface area contributed by atoms with Gasteiger partial charge in [0.15, 0.2) is 5.65 Å². The van der Waals surface area contributed by atoms with Crippen LogP contribution in [0.1, 0.15) is 0 Å². The Morgan fingerprint density at radius 2 is 2.20 bits per heavy atom. The lowest BCUT2D eigenvalue weighted by atomic mass is 10.6. The van der Waals surface area contributed by atoms with Crippen molar-refractivity contribution in [1.82, 2.24) is 19.9 Å². The van der Waals surface area contributed by atoms with E-state index in [1.807, 2.05) is 0 Å². The topological polar surface area (TPSA) is 54.5 Å². The molecule has 2 rings (SSSR count). The van der Waals surface area contributed by atoms with Gasteiger partial charge in [0.05, 0.1) is 20.9 Å². The van der Waals surface area contributed by atoms with Gasteiger partial charge in [0.25, 0.3) is 0 Å². The molecule has 0 atom stereocenters. The molecule has 0 saturated carbocycles. The maximum atomic E-state index is 3.91. The van der Waals surface area contributed by atoms with Gasteiger partial charge in [-0.25, -0.2) is 15.0 Å². The molecule has 2 heterocycles. The molecule has 0 aliphatic heterocycles. The molecule has 0 aliphatic carbocycles. The predicted octanol–water partition coefficient (Wildman–Crippen LogP) is -0.831. The van der Waals surface area contributed by atoms with Crippen LogP contribution in [0.2, 0.25) is 0 Å². The number of aromatic nitrogens is 4. The molecule has 0 saturated heterocycles. The van der Waals surface area contributed by atoms with Gasteiger partial charge >= 0.3 is 0 Å². The van der Waals surface area contributed by atoms with Crippen molar-refractivity contribution in [3.05, 3.63) is 18.9 Å². The summed E-state index contributed by atoms with van der Waals surface area (Å²) in [7, 11) is 0. The molecule has 2 aromatic heterocycles. The third kappa shape index (κ3) is 0.855. The van der Waals surface area contributed by atoms with Gasteiger partial charge in [0, 0.05) is 0 Å². The Morgan fingerprint density at radius 3 is 3.00 bits per heavy atom. The molecule has 0 bridgehead atoms. The number of nitrogens with one attached hydrogen (secondary N) is 1. The highest BCUT2D eigenvalue weighted by atomic mass is 15.0. The zero-order valence-corrected chi connectivity index (χ0v) is 4.57. The van der Waals surface area contributed by atoms with Gasteiger partial charge in [-0.2, -0.15) is 0 Å². The van der Waals surface area contributed by atoms with E-state index in [0.29, 0.717) is 5.65 Å². The first-order valence-electron chi connectivity index (χ1n) is 2.56. The summed E-state index contributed by atoms with van der Waals surface area (Å²) in [6.07, 6.45) is 4.76. The van der Waals surface area contributed by atoms with Gasteiger partial charge in [-0.05, 0) is 0 Å². The first-order valence-corrected chi connectivity index (χ1v) is 2.56. The van der Waals surface area contributed by atoms with Crippen molar-refractivity contribution in [2.24, 2.45) is 0 Å². The molecule has 4 nitrogen and oxygen atoms in total. The Balaban J connectivity index is 0.000000500. The monoisotopic (exact) mass is 134 g/mol. The zero-order valence-electron chi connectivity index (χ0n) is 4.57. The lowest BCUT2D eigenvalue weighted by Gasteiger charge is -1.80. The van der Waals surface area contributed by atoms with Crippen LogP contribution in [0.3, 0.4) is 0 Å². The number of hydrogen-bond acceptors (Lipinski definition) is 3. The van der Waals surface area contributed by atoms with Crippen molar-refractivity contribution < 1.29 is 0 Å². The van der Waals surface area contributed by atoms with Crippen LogP contribution in [0.4, 0.5) is 0 Å². The van der Waals surface area contributed by atoms with Crippen molar-refractivity contribution in [3.63, 3.8) is 0 Å². The molecule has 0 amide bonds. The Kier molecular flexibility index (Phi) is 1.66. The molecule has 2 aromatic rings. The van der Waals surface area contributed by atoms with Crippen LogP contribution in [0.5, 0.6) is 0 Å². The van der Waals surface area contributed by atoms with E-state index >= 15 is 0 Å². The van der Waals surface area contributed by atoms with Crippen molar-refractivity contribution in [2.75, 3.05) is 0 Å². The van der Waals surface area contributed by atoms with Gasteiger partial charge in [0.1, 0.15) is 11.8 Å². The van der Waals surface area contributed by atoms with Gasteiger partial charge in [-0.15, -0.1) is 0 Å².